The summed E-state index contributed by atoms with van der Waals surface area (Å²) < 4.78 is 0. The van der Waals surface area contributed by atoms with Crippen molar-refractivity contribution in [1.29, 1.82) is 0 Å². The summed E-state index contributed by atoms with van der Waals surface area (Å²) in [5.41, 5.74) is 3.72. The molecular weight excluding hydrogens is 452 g/mol. The van der Waals surface area contributed by atoms with Gasteiger partial charge >= 0.3 is 0 Å². The largest absolute Gasteiger partial charge is 0.508 e. The number of rotatable bonds is 5. The van der Waals surface area contributed by atoms with E-state index in [1.54, 1.807) is 109 Å². The van der Waals surface area contributed by atoms with Gasteiger partial charge in [0.05, 0.1) is 0 Å². The Balaban J connectivity index is 1.75. The molecule has 0 aliphatic rings. The van der Waals surface area contributed by atoms with Crippen molar-refractivity contribution in [3.63, 3.8) is 0 Å². The Kier molecular flexibility index (Phi) is 5.97. The first kappa shape index (κ1) is 22.9. The van der Waals surface area contributed by atoms with Crippen molar-refractivity contribution in [2.24, 2.45) is 0 Å². The molecule has 0 radical (unpaired) electrons. The van der Waals surface area contributed by atoms with Crippen LogP contribution < -0.4 is 0 Å². The molecule has 178 valence electrons. The summed E-state index contributed by atoms with van der Waals surface area (Å²) in [4.78, 5) is 0. The molecule has 5 nitrogen and oxygen atoms in total. The van der Waals surface area contributed by atoms with Crippen molar-refractivity contribution in [2.75, 3.05) is 0 Å². The summed E-state index contributed by atoms with van der Waals surface area (Å²) in [6, 6.07) is 30.6. The van der Waals surface area contributed by atoms with Crippen molar-refractivity contribution in [1.82, 2.24) is 0 Å². The van der Waals surface area contributed by atoms with Gasteiger partial charge in [-0.05, 0) is 41.5 Å². The first-order valence-electron chi connectivity index (χ1n) is 11.4. The van der Waals surface area contributed by atoms with E-state index in [1.165, 1.54) is 0 Å². The van der Waals surface area contributed by atoms with Gasteiger partial charge in [-0.25, -0.2) is 0 Å². The van der Waals surface area contributed by atoms with E-state index in [-0.39, 0.29) is 28.7 Å². The lowest BCUT2D eigenvalue weighted by Crippen LogP contribution is -2.06. The quantitative estimate of drug-likeness (QED) is 0.181. The van der Waals surface area contributed by atoms with Crippen LogP contribution in [0.3, 0.4) is 0 Å². The van der Waals surface area contributed by atoms with Crippen LogP contribution in [-0.2, 0) is 0 Å². The van der Waals surface area contributed by atoms with E-state index < -0.39 is 5.92 Å². The van der Waals surface area contributed by atoms with E-state index in [0.717, 1.165) is 0 Å². The van der Waals surface area contributed by atoms with Crippen LogP contribution in [0.25, 0.3) is 22.3 Å². The number of aromatic hydroxyl groups is 5. The fraction of sp³-hybridized carbons (Fsp3) is 0.0323. The monoisotopic (exact) mass is 476 g/mol. The van der Waals surface area contributed by atoms with Gasteiger partial charge in [0.2, 0.25) is 0 Å². The third-order valence-corrected chi connectivity index (χ3v) is 6.32. The molecule has 0 fully saturated rings. The smallest absolute Gasteiger partial charge is 0.127 e. The molecule has 5 aromatic carbocycles. The number of phenolic OH excluding ortho intramolecular Hbond substituents is 5. The highest BCUT2D eigenvalue weighted by molar-refractivity contribution is 5.77. The number of hydrogen-bond donors (Lipinski definition) is 5. The Labute approximate surface area is 208 Å². The van der Waals surface area contributed by atoms with Gasteiger partial charge in [0, 0.05) is 33.7 Å². The maximum Gasteiger partial charge on any atom is 0.127 e. The molecule has 5 heteroatoms. The molecule has 0 spiro atoms. The molecule has 0 heterocycles. The average molecular weight is 477 g/mol. The Bertz CT molecular complexity index is 1460. The van der Waals surface area contributed by atoms with E-state index in [4.69, 9.17) is 0 Å². The van der Waals surface area contributed by atoms with Gasteiger partial charge in [-0.1, -0.05) is 78.9 Å². The molecule has 0 amide bonds. The zero-order valence-electron chi connectivity index (χ0n) is 19.2. The lowest BCUT2D eigenvalue weighted by atomic mass is 9.81. The van der Waals surface area contributed by atoms with E-state index >= 15 is 0 Å². The molecule has 0 atom stereocenters. The zero-order valence-corrected chi connectivity index (χ0v) is 19.2. The molecule has 0 aromatic heterocycles. The van der Waals surface area contributed by atoms with Gasteiger partial charge in [-0.2, -0.15) is 0 Å². The van der Waals surface area contributed by atoms with Gasteiger partial charge < -0.3 is 25.5 Å². The van der Waals surface area contributed by atoms with Gasteiger partial charge in [0.25, 0.3) is 0 Å². The fourth-order valence-electron chi connectivity index (χ4n) is 4.64. The van der Waals surface area contributed by atoms with Crippen molar-refractivity contribution in [2.45, 2.75) is 5.92 Å². The minimum absolute atomic E-state index is 0.0202. The highest BCUT2D eigenvalue weighted by Gasteiger charge is 2.27. The van der Waals surface area contributed by atoms with Crippen LogP contribution in [0.1, 0.15) is 22.6 Å². The van der Waals surface area contributed by atoms with Crippen molar-refractivity contribution < 1.29 is 25.5 Å². The van der Waals surface area contributed by atoms with Gasteiger partial charge in [-0.15, -0.1) is 0 Å². The van der Waals surface area contributed by atoms with Crippen LogP contribution in [0.4, 0.5) is 0 Å². The third-order valence-electron chi connectivity index (χ3n) is 6.32. The maximum absolute atomic E-state index is 11.5. The molecule has 5 aromatic rings. The Morgan fingerprint density at radius 2 is 0.861 bits per heavy atom. The molecule has 5 N–H and O–H groups in total. The third kappa shape index (κ3) is 4.18. The molecule has 0 aliphatic heterocycles. The van der Waals surface area contributed by atoms with Crippen LogP contribution in [0.5, 0.6) is 28.7 Å². The average Bonchev–Trinajstić information content (AvgIpc) is 2.87. The topological polar surface area (TPSA) is 101 Å². The van der Waals surface area contributed by atoms with Gasteiger partial charge in [0.1, 0.15) is 28.7 Å². The summed E-state index contributed by atoms with van der Waals surface area (Å²) in [5, 5.41) is 53.6. The predicted molar refractivity (Wildman–Crippen MR) is 139 cm³/mol. The number of para-hydroxylation sites is 3. The highest BCUT2D eigenvalue weighted by atomic mass is 16.3. The van der Waals surface area contributed by atoms with Crippen LogP contribution in [0.15, 0.2) is 109 Å². The van der Waals surface area contributed by atoms with E-state index in [1.807, 2.05) is 0 Å². The molecular formula is C31H24O5. The standard InChI is InChI=1S/C31H24O5/c32-21-9-3-7-19(17-21)23-12-5-14-26(30(23)35)29(25-11-1-2-16-28(25)34)27-15-6-13-24(31(27)36)20-8-4-10-22(33)18-20/h1-18,29,32-36H. The van der Waals surface area contributed by atoms with Gasteiger partial charge in [-0.3, -0.25) is 0 Å². The normalized spacial score (nSPS) is 11.0. The maximum atomic E-state index is 11.5. The van der Waals surface area contributed by atoms with Crippen molar-refractivity contribution >= 4 is 0 Å². The van der Waals surface area contributed by atoms with Crippen LogP contribution in [0.2, 0.25) is 0 Å². The summed E-state index contributed by atoms with van der Waals surface area (Å²) >= 11 is 0. The molecule has 0 saturated heterocycles. The minimum Gasteiger partial charge on any atom is -0.508 e. The predicted octanol–water partition coefficient (Wildman–Crippen LogP) is 6.73. The van der Waals surface area contributed by atoms with E-state index in [9.17, 15) is 25.5 Å². The van der Waals surface area contributed by atoms with E-state index in [0.29, 0.717) is 38.9 Å². The van der Waals surface area contributed by atoms with Crippen molar-refractivity contribution in [3.05, 3.63) is 126 Å². The second-order valence-electron chi connectivity index (χ2n) is 8.58. The fourth-order valence-corrected chi connectivity index (χ4v) is 4.64. The Hall–Kier alpha value is -4.90. The minimum atomic E-state index is -0.722. The first-order chi connectivity index (χ1) is 17.4. The summed E-state index contributed by atoms with van der Waals surface area (Å²) in [6.45, 7) is 0. The summed E-state index contributed by atoms with van der Waals surface area (Å²) in [7, 11) is 0. The zero-order chi connectivity index (χ0) is 25.2. The molecule has 0 saturated carbocycles. The molecule has 0 aliphatic carbocycles. The molecule has 5 rings (SSSR count). The van der Waals surface area contributed by atoms with Crippen LogP contribution >= 0.6 is 0 Å². The summed E-state index contributed by atoms with van der Waals surface area (Å²) in [5.74, 6) is -0.610. The van der Waals surface area contributed by atoms with Gasteiger partial charge in [0.15, 0.2) is 0 Å². The van der Waals surface area contributed by atoms with Crippen LogP contribution in [0, 0.1) is 0 Å². The SMILES string of the molecule is Oc1cccc(-c2cccc(C(c3ccccc3O)c3cccc(-c4cccc(O)c4)c3O)c2O)c1. The Morgan fingerprint density at radius 1 is 0.417 bits per heavy atom. The first-order valence-corrected chi connectivity index (χ1v) is 11.4. The van der Waals surface area contributed by atoms with Crippen molar-refractivity contribution in [3.8, 4) is 51.0 Å². The highest BCUT2D eigenvalue weighted by Crippen LogP contribution is 2.48. The van der Waals surface area contributed by atoms with E-state index in [2.05, 4.69) is 0 Å². The molecule has 36 heavy (non-hydrogen) atoms. The summed E-state index contributed by atoms with van der Waals surface area (Å²) in [6.07, 6.45) is 0. The second kappa shape index (κ2) is 9.39. The number of benzene rings is 5. The number of phenols is 5. The molecule has 0 bridgehead atoms. The molecule has 0 unspecified atom stereocenters. The number of hydrogen-bond acceptors (Lipinski definition) is 5. The van der Waals surface area contributed by atoms with Crippen LogP contribution in [-0.4, -0.2) is 25.5 Å². The Morgan fingerprint density at radius 3 is 1.33 bits per heavy atom. The lowest BCUT2D eigenvalue weighted by Gasteiger charge is -2.24. The lowest BCUT2D eigenvalue weighted by molar-refractivity contribution is 0.452. The second-order valence-corrected chi connectivity index (χ2v) is 8.58.